The van der Waals surface area contributed by atoms with E-state index in [2.05, 4.69) is 42.5 Å². The first-order valence-electron chi connectivity index (χ1n) is 40.1. The zero-order valence-electron chi connectivity index (χ0n) is 68.3. The van der Waals surface area contributed by atoms with Gasteiger partial charge in [0.2, 0.25) is 53.4 Å². The highest BCUT2D eigenvalue weighted by Gasteiger charge is 2.53. The van der Waals surface area contributed by atoms with E-state index >= 15 is 24.0 Å². The summed E-state index contributed by atoms with van der Waals surface area (Å²) < 4.78 is 52.9. The van der Waals surface area contributed by atoms with Crippen LogP contribution in [-0.2, 0) is 68.6 Å². The fraction of sp³-hybridized carbons (Fsp3) is 0.419. The zero-order valence-corrected chi connectivity index (χ0v) is 70.6. The van der Waals surface area contributed by atoms with Crippen LogP contribution in [-0.4, -0.2) is 215 Å². The molecule has 8 aliphatic rings. The number of hydrogen-bond donors (Lipinski definition) is 20. The van der Waals surface area contributed by atoms with Gasteiger partial charge in [-0.2, -0.15) is 0 Å². The molecule has 39 heteroatoms. The van der Waals surface area contributed by atoms with Gasteiger partial charge in [-0.15, -0.1) is 0 Å². The number of rotatable bonds is 19. The summed E-state index contributed by atoms with van der Waals surface area (Å²) in [6, 6.07) is 14.5. The number of aliphatic hydroxyl groups excluding tert-OH is 6. The molecule has 8 aliphatic heterocycles. The molecule has 125 heavy (non-hydrogen) atoms. The maximum absolute atomic E-state index is 16.6. The summed E-state index contributed by atoms with van der Waals surface area (Å²) in [5.41, 5.74) is 9.60. The highest BCUT2D eigenvalue weighted by atomic mass is 35.5. The minimum Gasteiger partial charge on any atom is -0.508 e. The maximum atomic E-state index is 16.6. The molecule has 7 amide bonds. The molecular formula is C86H97Cl3N10O26. The number of carbonyl (C=O) groups is 8. The second kappa shape index (κ2) is 37.9. The van der Waals surface area contributed by atoms with E-state index in [-0.39, 0.29) is 59.2 Å². The normalized spacial score (nSPS) is 29.7. The zero-order chi connectivity index (χ0) is 90.3. The first-order chi connectivity index (χ1) is 59.2. The second-order valence-electron chi connectivity index (χ2n) is 32.7. The van der Waals surface area contributed by atoms with Gasteiger partial charge in [-0.3, -0.25) is 33.6 Å². The van der Waals surface area contributed by atoms with Gasteiger partial charge in [0, 0.05) is 58.2 Å². The molecule has 7 aromatic carbocycles. The van der Waals surface area contributed by atoms with Crippen molar-refractivity contribution >= 4 is 82.1 Å². The van der Waals surface area contributed by atoms with Crippen LogP contribution in [0.15, 0.2) is 127 Å². The molecule has 0 aliphatic carbocycles. The summed E-state index contributed by atoms with van der Waals surface area (Å²) >= 11 is 20.8. The molecule has 36 nitrogen and oxygen atoms in total. The van der Waals surface area contributed by atoms with Crippen molar-refractivity contribution in [3.05, 3.63) is 176 Å². The van der Waals surface area contributed by atoms with Crippen molar-refractivity contribution in [2.24, 2.45) is 17.4 Å². The van der Waals surface area contributed by atoms with E-state index in [1.165, 1.54) is 51.2 Å². The number of hydrogen-bond acceptors (Lipinski definition) is 28. The molecule has 1 unspecified atom stereocenters. The lowest BCUT2D eigenvalue weighted by molar-refractivity contribution is -0.334. The second-order valence-corrected chi connectivity index (χ2v) is 34.0. The highest BCUT2D eigenvalue weighted by Crippen LogP contribution is 2.51. The summed E-state index contributed by atoms with van der Waals surface area (Å²) in [4.78, 5) is 121. The molecule has 22 N–H and O–H groups in total. The van der Waals surface area contributed by atoms with E-state index < -0.39 is 261 Å². The number of aliphatic hydroxyl groups is 6. The van der Waals surface area contributed by atoms with Gasteiger partial charge in [0.25, 0.3) is 0 Å². The van der Waals surface area contributed by atoms with Crippen LogP contribution in [0.25, 0.3) is 22.3 Å². The molecule has 0 radical (unpaired) electrons. The first kappa shape index (κ1) is 92.1. The Labute approximate surface area is 730 Å². The number of benzene rings is 7. The fourth-order valence-electron chi connectivity index (χ4n) is 16.2. The van der Waals surface area contributed by atoms with Crippen LogP contribution >= 0.6 is 34.8 Å². The van der Waals surface area contributed by atoms with Crippen LogP contribution in [0.5, 0.6) is 46.0 Å². The molecule has 3 saturated heterocycles. The van der Waals surface area contributed by atoms with Crippen LogP contribution in [0.3, 0.4) is 0 Å². The van der Waals surface area contributed by atoms with Gasteiger partial charge in [0.05, 0.1) is 53.5 Å². The molecule has 668 valence electrons. The molecule has 22 atom stereocenters. The van der Waals surface area contributed by atoms with Crippen molar-refractivity contribution in [2.45, 2.75) is 207 Å². The Hall–Kier alpha value is -10.6. The topological polar surface area (TPSA) is 561 Å². The third kappa shape index (κ3) is 20.1. The third-order valence-corrected chi connectivity index (χ3v) is 23.8. The highest BCUT2D eigenvalue weighted by molar-refractivity contribution is 6.32. The number of aliphatic carboxylic acids is 1. The standard InChI is InChI=1S/C86H97Cl3N10O26/c1-35(2)22-51(92-7)77(110)98-67-69(105)42-15-20-55(49(88)24-42)120-57-26-44-27-58(73(57)125-84-74(71(107)70(106)59(34-100)122-84)124-62-32-86(6,76(109)37(4)119-62)93-33-38-8-10-39(11-9-38)40-12-17-45(87)18-13-40)121-56-21-16-43(25-50(56)89)72(123-61-31-85(5,91)75(108)36(3)118-61)68-82(115)97-66(83(116)117)48-28-46(101)29-54(103)63(48)47-23-41(14-19-53(47)102)64(79(112)99-68)96-80(113)65(44)95-78(111)52(30-60(90)104)94-81(67)114/h8-21,23-29,35-37,51-52,59,61-62,64-72,74-76,84,92-93,100-103,105-109H,22,30-34,91H2,1-7H3,(H2,90,104)(H,94,114)(H,95,111)(H,96,113)(H,97,115)(H,98,110)(H,99,112)(H,116,117)/t36-,37-,51+,52-,59+,61-,62-,64+,65+,66-,67+,68-,69+,70+,71?,72+,74+,75-,76-,84-,85-,86-/m0/s1. The fourth-order valence-corrected chi connectivity index (χ4v) is 16.7. The Bertz CT molecular complexity index is 5250. The summed E-state index contributed by atoms with van der Waals surface area (Å²) in [6.07, 6.45) is -23.0. The summed E-state index contributed by atoms with van der Waals surface area (Å²) in [6.45, 7) is 9.06. The van der Waals surface area contributed by atoms with E-state index in [4.69, 9.17) is 84.2 Å². The molecule has 0 aromatic heterocycles. The number of carboxylic acids is 1. The number of nitrogens with one attached hydrogen (secondary N) is 8. The van der Waals surface area contributed by atoms with E-state index in [0.717, 1.165) is 65.2 Å². The van der Waals surface area contributed by atoms with Gasteiger partial charge in [-0.05, 0) is 153 Å². The number of primary amides is 1. The Balaban J connectivity index is 1.02. The van der Waals surface area contributed by atoms with Gasteiger partial charge >= 0.3 is 5.97 Å². The Morgan fingerprint density at radius 2 is 1.22 bits per heavy atom. The van der Waals surface area contributed by atoms with Gasteiger partial charge in [0.1, 0.15) is 89.5 Å². The number of nitrogens with two attached hydrogens (primary N) is 2. The summed E-state index contributed by atoms with van der Waals surface area (Å²) in [7, 11) is 1.48. The van der Waals surface area contributed by atoms with E-state index in [1.54, 1.807) is 26.0 Å². The van der Waals surface area contributed by atoms with Crippen LogP contribution in [0.1, 0.15) is 131 Å². The molecule has 15 rings (SSSR count). The van der Waals surface area contributed by atoms with Crippen LogP contribution in [0.2, 0.25) is 15.1 Å². The molecule has 3 fully saturated rings. The molecule has 0 spiro atoms. The van der Waals surface area contributed by atoms with Crippen molar-refractivity contribution < 1.29 is 127 Å². The van der Waals surface area contributed by atoms with Gasteiger partial charge < -0.3 is 143 Å². The van der Waals surface area contributed by atoms with Gasteiger partial charge in [-0.1, -0.05) is 103 Å². The van der Waals surface area contributed by atoms with Crippen molar-refractivity contribution in [3.63, 3.8) is 0 Å². The van der Waals surface area contributed by atoms with Crippen molar-refractivity contribution in [3.8, 4) is 68.2 Å². The third-order valence-electron chi connectivity index (χ3n) is 22.9. The Morgan fingerprint density at radius 3 is 1.83 bits per heavy atom. The van der Waals surface area contributed by atoms with Crippen LogP contribution in [0, 0.1) is 5.92 Å². The number of phenols is 3. The van der Waals surface area contributed by atoms with Crippen molar-refractivity contribution in [1.29, 1.82) is 0 Å². The average molecular weight is 1790 g/mol. The number of phenolic OH excluding ortho intramolecular Hbond substituents is 3. The van der Waals surface area contributed by atoms with E-state index in [9.17, 15) is 65.4 Å². The number of halogens is 3. The van der Waals surface area contributed by atoms with E-state index in [1.807, 2.05) is 50.2 Å². The lowest BCUT2D eigenvalue weighted by atomic mass is 9.84. The molecule has 11 bridgehead atoms. The number of carbonyl (C=O) groups excluding carboxylic acids is 7. The quantitative estimate of drug-likeness (QED) is 0.0530. The van der Waals surface area contributed by atoms with Gasteiger partial charge in [0.15, 0.2) is 36.2 Å². The molecular weight excluding hydrogens is 1700 g/mol. The van der Waals surface area contributed by atoms with Crippen LogP contribution in [0.4, 0.5) is 0 Å². The lowest BCUT2D eigenvalue weighted by Gasteiger charge is -2.48. The lowest BCUT2D eigenvalue weighted by Crippen LogP contribution is -2.65. The van der Waals surface area contributed by atoms with Crippen LogP contribution < -0.4 is 68.2 Å². The summed E-state index contributed by atoms with van der Waals surface area (Å²) in [5.74, 6) is -16.1. The Kier molecular flexibility index (Phi) is 27.9. The number of carboxylic acid groups (broad SMARTS) is 1. The number of fused-ring (bicyclic) bond motifs is 15. The predicted octanol–water partition coefficient (Wildman–Crippen LogP) is 4.50. The molecule has 0 saturated carbocycles. The average Bonchev–Trinajstić information content (AvgIpc) is 0.762. The molecule has 7 aromatic rings. The van der Waals surface area contributed by atoms with Crippen molar-refractivity contribution in [2.75, 3.05) is 13.7 Å². The van der Waals surface area contributed by atoms with Gasteiger partial charge in [-0.25, -0.2) is 4.79 Å². The minimum atomic E-state index is -2.40. The number of amides is 7. The monoisotopic (exact) mass is 1790 g/mol. The Morgan fingerprint density at radius 1 is 0.632 bits per heavy atom. The predicted molar refractivity (Wildman–Crippen MR) is 445 cm³/mol. The van der Waals surface area contributed by atoms with Crippen molar-refractivity contribution in [1.82, 2.24) is 42.5 Å². The number of ether oxygens (including phenoxy) is 8. The van der Waals surface area contributed by atoms with E-state index in [0.29, 0.717) is 5.02 Å². The number of aromatic hydroxyl groups is 3. The SMILES string of the molecule is CN[C@H](CC(C)C)C(=O)N[C@H]1C(=O)N[C@@H](CC(N)=O)C(=O)N[C@H]2C(=O)N[C@H]3C(=O)N[C@H](C(=O)N[C@H](C(=O)O)c4cc(O)cc(O)c4-c4cc3ccc4O)[C@H](O[C@H]3C[C@](C)(N)[C@@H](O)[C@H](C)O3)c3ccc(c(Cl)c3)Oc3cc2cc(c3O[C@@H]2O[C@H](CO)[C@@H](O)C(O)[C@H]2O[C@H]2C[C@](C)(NCc3ccc(-c4ccc(Cl)cc4)cc3)[C@@H](O)[C@H](C)O2)Oc2ccc(cc2Cl)[C@H]1O. The maximum Gasteiger partial charge on any atom is 0.330 e. The largest absolute Gasteiger partial charge is 0.508 e. The summed E-state index contributed by atoms with van der Waals surface area (Å²) in [5, 5.41) is 138. The minimum absolute atomic E-state index is 0.119. The smallest absolute Gasteiger partial charge is 0.330 e. The number of likely N-dealkylation sites (N-methyl/N-ethyl adjacent to an activating group) is 1. The first-order valence-corrected chi connectivity index (χ1v) is 41.2. The molecule has 8 heterocycles.